The number of carbonyl (C=O) groups excluding carboxylic acids is 2. The Kier molecular flexibility index (Phi) is 5.32. The molecule has 0 atom stereocenters. The highest BCUT2D eigenvalue weighted by Crippen LogP contribution is 2.10. The molecule has 0 aliphatic rings. The van der Waals surface area contributed by atoms with Gasteiger partial charge in [0.05, 0.1) is 5.56 Å². The fraction of sp³-hybridized carbons (Fsp3) is 0.385. The molecule has 5 nitrogen and oxygen atoms in total. The van der Waals surface area contributed by atoms with Gasteiger partial charge >= 0.3 is 5.97 Å². The summed E-state index contributed by atoms with van der Waals surface area (Å²) in [5, 5.41) is 2.63. The average Bonchev–Trinajstić information content (AvgIpc) is 2.28. The lowest BCUT2D eigenvalue weighted by molar-refractivity contribution is -0.114. The van der Waals surface area contributed by atoms with Crippen molar-refractivity contribution in [1.29, 1.82) is 0 Å². The third-order valence-corrected chi connectivity index (χ3v) is 2.21. The van der Waals surface area contributed by atoms with E-state index in [1.165, 1.54) is 6.92 Å². The van der Waals surface area contributed by atoms with Crippen molar-refractivity contribution in [2.24, 2.45) is 0 Å². The summed E-state index contributed by atoms with van der Waals surface area (Å²) in [6, 6.07) is 6.60. The number of nitrogens with zero attached hydrogens (tertiary/aromatic N) is 1. The molecule has 0 radical (unpaired) electrons. The van der Waals surface area contributed by atoms with E-state index in [1.807, 2.05) is 19.0 Å². The van der Waals surface area contributed by atoms with Gasteiger partial charge in [0.1, 0.15) is 6.61 Å². The van der Waals surface area contributed by atoms with Gasteiger partial charge in [0, 0.05) is 19.2 Å². The molecule has 1 aromatic carbocycles. The number of nitrogens with one attached hydrogen (secondary N) is 1. The van der Waals surface area contributed by atoms with E-state index in [-0.39, 0.29) is 11.9 Å². The van der Waals surface area contributed by atoms with Crippen molar-refractivity contribution in [2.45, 2.75) is 6.92 Å². The van der Waals surface area contributed by atoms with Gasteiger partial charge in [0.25, 0.3) is 0 Å². The van der Waals surface area contributed by atoms with Crippen LogP contribution in [0.2, 0.25) is 0 Å². The molecule has 0 saturated carbocycles. The number of hydrogen-bond acceptors (Lipinski definition) is 4. The number of likely N-dealkylation sites (N-methyl/N-ethyl adjacent to an activating group) is 1. The topological polar surface area (TPSA) is 58.6 Å². The summed E-state index contributed by atoms with van der Waals surface area (Å²) in [5.41, 5.74) is 1.13. The van der Waals surface area contributed by atoms with Gasteiger partial charge in [-0.3, -0.25) is 4.79 Å². The Morgan fingerprint density at radius 2 is 1.83 bits per heavy atom. The van der Waals surface area contributed by atoms with E-state index in [4.69, 9.17) is 4.74 Å². The van der Waals surface area contributed by atoms with Crippen LogP contribution in [0.15, 0.2) is 24.3 Å². The maximum Gasteiger partial charge on any atom is 0.338 e. The zero-order valence-electron chi connectivity index (χ0n) is 10.9. The summed E-state index contributed by atoms with van der Waals surface area (Å²) < 4.78 is 5.09. The molecule has 1 N–H and O–H groups in total. The molecule has 0 bridgehead atoms. The predicted octanol–water partition coefficient (Wildman–Crippen LogP) is 1.36. The van der Waals surface area contributed by atoms with Crippen LogP contribution in [0.1, 0.15) is 17.3 Å². The van der Waals surface area contributed by atoms with Crippen LogP contribution in [0, 0.1) is 0 Å². The third-order valence-electron chi connectivity index (χ3n) is 2.21. The number of carbonyl (C=O) groups is 2. The molecule has 0 spiro atoms. The number of amides is 1. The van der Waals surface area contributed by atoms with Crippen LogP contribution >= 0.6 is 0 Å². The predicted molar refractivity (Wildman–Crippen MR) is 69.6 cm³/mol. The SMILES string of the molecule is CC(=O)Nc1ccc(C(=O)OCCN(C)C)cc1. The van der Waals surface area contributed by atoms with Crippen molar-refractivity contribution in [3.05, 3.63) is 29.8 Å². The molecule has 0 unspecified atom stereocenters. The molecular weight excluding hydrogens is 232 g/mol. The Bertz CT molecular complexity index is 413. The standard InChI is InChI=1S/C13H18N2O3/c1-10(16)14-12-6-4-11(5-7-12)13(17)18-9-8-15(2)3/h4-7H,8-9H2,1-3H3,(H,14,16). The Morgan fingerprint density at radius 3 is 2.33 bits per heavy atom. The average molecular weight is 250 g/mol. The van der Waals surface area contributed by atoms with Crippen LogP contribution in [0.25, 0.3) is 0 Å². The van der Waals surface area contributed by atoms with Gasteiger partial charge in [-0.05, 0) is 38.4 Å². The lowest BCUT2D eigenvalue weighted by atomic mass is 10.2. The third kappa shape index (κ3) is 4.97. The Balaban J connectivity index is 2.51. The Hall–Kier alpha value is -1.88. The molecular formula is C13H18N2O3. The van der Waals surface area contributed by atoms with Crippen molar-refractivity contribution >= 4 is 17.6 Å². The van der Waals surface area contributed by atoms with E-state index < -0.39 is 0 Å². The quantitative estimate of drug-likeness (QED) is 0.802. The number of rotatable bonds is 5. The second-order valence-electron chi connectivity index (χ2n) is 4.20. The normalized spacial score (nSPS) is 10.2. The highest BCUT2D eigenvalue weighted by Gasteiger charge is 2.07. The molecule has 0 aromatic heterocycles. The number of hydrogen-bond donors (Lipinski definition) is 1. The highest BCUT2D eigenvalue weighted by molar-refractivity contribution is 5.92. The van der Waals surface area contributed by atoms with Crippen molar-refractivity contribution in [3.8, 4) is 0 Å². The molecule has 5 heteroatoms. The fourth-order valence-electron chi connectivity index (χ4n) is 1.30. The molecule has 0 heterocycles. The van der Waals surface area contributed by atoms with Gasteiger partial charge in [0.15, 0.2) is 0 Å². The molecule has 1 rings (SSSR count). The lowest BCUT2D eigenvalue weighted by Gasteiger charge is -2.10. The summed E-state index contributed by atoms with van der Waals surface area (Å²) in [4.78, 5) is 24.4. The van der Waals surface area contributed by atoms with Crippen molar-refractivity contribution in [2.75, 3.05) is 32.6 Å². The summed E-state index contributed by atoms with van der Waals surface area (Å²) in [6.07, 6.45) is 0. The van der Waals surface area contributed by atoms with Crippen LogP contribution in [0.3, 0.4) is 0 Å². The molecule has 98 valence electrons. The number of ether oxygens (including phenoxy) is 1. The van der Waals surface area contributed by atoms with Crippen molar-refractivity contribution < 1.29 is 14.3 Å². The minimum absolute atomic E-state index is 0.142. The van der Waals surface area contributed by atoms with Crippen LogP contribution < -0.4 is 5.32 Å². The summed E-state index contributed by atoms with van der Waals surface area (Å²) in [6.45, 7) is 2.48. The first-order chi connectivity index (χ1) is 8.49. The van der Waals surface area contributed by atoms with E-state index in [2.05, 4.69) is 5.32 Å². The largest absolute Gasteiger partial charge is 0.461 e. The second-order valence-corrected chi connectivity index (χ2v) is 4.20. The second kappa shape index (κ2) is 6.76. The maximum atomic E-state index is 11.6. The molecule has 18 heavy (non-hydrogen) atoms. The fourth-order valence-corrected chi connectivity index (χ4v) is 1.30. The molecule has 0 aliphatic carbocycles. The van der Waals surface area contributed by atoms with Gasteiger partial charge < -0.3 is 15.0 Å². The first-order valence-corrected chi connectivity index (χ1v) is 5.68. The van der Waals surface area contributed by atoms with E-state index >= 15 is 0 Å². The summed E-state index contributed by atoms with van der Waals surface area (Å²) >= 11 is 0. The zero-order chi connectivity index (χ0) is 13.5. The number of esters is 1. The Labute approximate surface area is 107 Å². The van der Waals surface area contributed by atoms with Gasteiger partial charge in [0.2, 0.25) is 5.91 Å². The van der Waals surface area contributed by atoms with E-state index in [9.17, 15) is 9.59 Å². The van der Waals surface area contributed by atoms with Crippen LogP contribution in [-0.4, -0.2) is 44.0 Å². The lowest BCUT2D eigenvalue weighted by Crippen LogP contribution is -2.20. The summed E-state index contributed by atoms with van der Waals surface area (Å²) in [5.74, 6) is -0.498. The van der Waals surface area contributed by atoms with Crippen LogP contribution in [0.5, 0.6) is 0 Å². The maximum absolute atomic E-state index is 11.6. The van der Waals surface area contributed by atoms with E-state index in [0.717, 1.165) is 0 Å². The monoisotopic (exact) mass is 250 g/mol. The minimum Gasteiger partial charge on any atom is -0.461 e. The molecule has 1 amide bonds. The zero-order valence-corrected chi connectivity index (χ0v) is 10.9. The van der Waals surface area contributed by atoms with Crippen LogP contribution in [0.4, 0.5) is 5.69 Å². The number of anilines is 1. The van der Waals surface area contributed by atoms with Gasteiger partial charge in [-0.25, -0.2) is 4.79 Å². The highest BCUT2D eigenvalue weighted by atomic mass is 16.5. The van der Waals surface area contributed by atoms with Gasteiger partial charge in [-0.15, -0.1) is 0 Å². The first kappa shape index (κ1) is 14.2. The van der Waals surface area contributed by atoms with Gasteiger partial charge in [-0.1, -0.05) is 0 Å². The number of benzene rings is 1. The van der Waals surface area contributed by atoms with E-state index in [1.54, 1.807) is 24.3 Å². The van der Waals surface area contributed by atoms with E-state index in [0.29, 0.717) is 24.4 Å². The van der Waals surface area contributed by atoms with Crippen LogP contribution in [-0.2, 0) is 9.53 Å². The molecule has 0 aliphatic heterocycles. The summed E-state index contributed by atoms with van der Waals surface area (Å²) in [7, 11) is 3.83. The Morgan fingerprint density at radius 1 is 1.22 bits per heavy atom. The molecule has 0 saturated heterocycles. The van der Waals surface area contributed by atoms with Gasteiger partial charge in [-0.2, -0.15) is 0 Å². The molecule has 0 fully saturated rings. The minimum atomic E-state index is -0.355. The van der Waals surface area contributed by atoms with Crippen molar-refractivity contribution in [1.82, 2.24) is 4.90 Å². The van der Waals surface area contributed by atoms with Crippen molar-refractivity contribution in [3.63, 3.8) is 0 Å². The first-order valence-electron chi connectivity index (χ1n) is 5.68. The molecule has 1 aromatic rings. The smallest absolute Gasteiger partial charge is 0.338 e.